The molecule has 0 amide bonds. The molecule has 0 spiro atoms. The molecular formula is C22H24N2O4S. The molecule has 0 fully saturated rings. The van der Waals surface area contributed by atoms with E-state index in [9.17, 15) is 9.90 Å². The first-order valence-electron chi connectivity index (χ1n) is 9.15. The summed E-state index contributed by atoms with van der Waals surface area (Å²) in [6.45, 7) is 3.44. The number of aliphatic hydroxyl groups is 1. The largest absolute Gasteiger partial charge is 0.493 e. The number of aromatic nitrogens is 2. The van der Waals surface area contributed by atoms with Gasteiger partial charge in [0.2, 0.25) is 0 Å². The van der Waals surface area contributed by atoms with E-state index in [4.69, 9.17) is 9.47 Å². The molecule has 1 N–H and O–H groups in total. The third kappa shape index (κ3) is 5.85. The minimum Gasteiger partial charge on any atom is -0.493 e. The second-order valence-electron chi connectivity index (χ2n) is 7.15. The van der Waals surface area contributed by atoms with Gasteiger partial charge in [0.25, 0.3) is 5.56 Å². The Morgan fingerprint density at radius 2 is 1.86 bits per heavy atom. The molecule has 0 unspecified atom stereocenters. The summed E-state index contributed by atoms with van der Waals surface area (Å²) in [5, 5.41) is 14.1. The number of hydrogen-bond acceptors (Lipinski definition) is 6. The average molecular weight is 413 g/mol. The fourth-order valence-electron chi connectivity index (χ4n) is 2.57. The predicted molar refractivity (Wildman–Crippen MR) is 114 cm³/mol. The fourth-order valence-corrected chi connectivity index (χ4v) is 3.40. The van der Waals surface area contributed by atoms with E-state index in [1.165, 1.54) is 17.4 Å². The van der Waals surface area contributed by atoms with Gasteiger partial charge in [0.1, 0.15) is 6.61 Å². The molecule has 0 saturated heterocycles. The molecule has 0 radical (unpaired) electrons. The Morgan fingerprint density at radius 1 is 1.10 bits per heavy atom. The van der Waals surface area contributed by atoms with Crippen LogP contribution in [-0.2, 0) is 5.75 Å². The molecular weight excluding hydrogens is 388 g/mol. The summed E-state index contributed by atoms with van der Waals surface area (Å²) in [7, 11) is 1.52. The van der Waals surface area contributed by atoms with Crippen LogP contribution in [0.4, 0.5) is 0 Å². The van der Waals surface area contributed by atoms with Gasteiger partial charge in [-0.3, -0.25) is 4.79 Å². The topological polar surface area (TPSA) is 73.6 Å². The molecule has 6 nitrogen and oxygen atoms in total. The number of ether oxygens (including phenoxy) is 2. The van der Waals surface area contributed by atoms with E-state index in [2.05, 4.69) is 17.2 Å². The molecule has 0 atom stereocenters. The zero-order valence-corrected chi connectivity index (χ0v) is 17.5. The lowest BCUT2D eigenvalue weighted by Gasteiger charge is -2.19. The highest BCUT2D eigenvalue weighted by Gasteiger charge is 2.16. The van der Waals surface area contributed by atoms with Crippen molar-refractivity contribution in [3.05, 3.63) is 76.7 Å². The normalized spacial score (nSPS) is 11.3. The SMILES string of the molecule is COc1cc(-n2ncc(SCc3ccccc3)cc2=O)ccc1OCC(C)(C)O. The van der Waals surface area contributed by atoms with Gasteiger partial charge in [-0.05, 0) is 31.5 Å². The second kappa shape index (κ2) is 9.15. The lowest BCUT2D eigenvalue weighted by Crippen LogP contribution is -2.28. The van der Waals surface area contributed by atoms with Crippen molar-refractivity contribution in [3.63, 3.8) is 0 Å². The molecule has 0 saturated carbocycles. The van der Waals surface area contributed by atoms with E-state index < -0.39 is 5.60 Å². The van der Waals surface area contributed by atoms with Gasteiger partial charge >= 0.3 is 0 Å². The quantitative estimate of drug-likeness (QED) is 0.569. The maximum absolute atomic E-state index is 12.6. The summed E-state index contributed by atoms with van der Waals surface area (Å²) >= 11 is 1.57. The minimum atomic E-state index is -0.963. The van der Waals surface area contributed by atoms with Crippen LogP contribution in [-0.4, -0.2) is 34.2 Å². The van der Waals surface area contributed by atoms with E-state index in [-0.39, 0.29) is 12.2 Å². The number of methoxy groups -OCH3 is 1. The highest BCUT2D eigenvalue weighted by Crippen LogP contribution is 2.30. The van der Waals surface area contributed by atoms with Crippen LogP contribution in [0.3, 0.4) is 0 Å². The zero-order valence-electron chi connectivity index (χ0n) is 16.7. The van der Waals surface area contributed by atoms with Crippen molar-refractivity contribution in [2.45, 2.75) is 30.1 Å². The zero-order chi connectivity index (χ0) is 20.9. The second-order valence-corrected chi connectivity index (χ2v) is 8.20. The maximum atomic E-state index is 12.6. The van der Waals surface area contributed by atoms with Gasteiger partial charge in [0.05, 0.1) is 24.6 Å². The molecule has 3 rings (SSSR count). The molecule has 1 aromatic heterocycles. The summed E-state index contributed by atoms with van der Waals surface area (Å²) in [6, 6.07) is 16.8. The van der Waals surface area contributed by atoms with Gasteiger partial charge in [0.15, 0.2) is 11.5 Å². The molecule has 7 heteroatoms. The monoisotopic (exact) mass is 412 g/mol. The van der Waals surface area contributed by atoms with Gasteiger partial charge in [-0.15, -0.1) is 11.8 Å². The third-order valence-corrected chi connectivity index (χ3v) is 5.03. The van der Waals surface area contributed by atoms with Gasteiger partial charge in [-0.1, -0.05) is 30.3 Å². The van der Waals surface area contributed by atoms with Crippen molar-refractivity contribution in [2.24, 2.45) is 0 Å². The molecule has 152 valence electrons. The van der Waals surface area contributed by atoms with Gasteiger partial charge in [-0.2, -0.15) is 9.78 Å². The number of nitrogens with zero attached hydrogens (tertiary/aromatic N) is 2. The lowest BCUT2D eigenvalue weighted by molar-refractivity contribution is 0.0276. The van der Waals surface area contributed by atoms with Crippen molar-refractivity contribution >= 4 is 11.8 Å². The van der Waals surface area contributed by atoms with Crippen LogP contribution in [0.15, 0.2) is 70.5 Å². The number of benzene rings is 2. The van der Waals surface area contributed by atoms with Crippen LogP contribution in [0, 0.1) is 0 Å². The molecule has 0 aliphatic heterocycles. The summed E-state index contributed by atoms with van der Waals surface area (Å²) in [5.41, 5.74) is 0.570. The van der Waals surface area contributed by atoms with Crippen molar-refractivity contribution < 1.29 is 14.6 Å². The molecule has 0 bridgehead atoms. The summed E-state index contributed by atoms with van der Waals surface area (Å²) in [4.78, 5) is 13.4. The van der Waals surface area contributed by atoms with Crippen LogP contribution < -0.4 is 15.0 Å². The van der Waals surface area contributed by atoms with Crippen molar-refractivity contribution in [2.75, 3.05) is 13.7 Å². The Hall–Kier alpha value is -2.77. The molecule has 1 heterocycles. The summed E-state index contributed by atoms with van der Waals surface area (Å²) in [6.07, 6.45) is 1.68. The molecule has 3 aromatic rings. The Bertz CT molecular complexity index is 1010. The van der Waals surface area contributed by atoms with Crippen LogP contribution in [0.1, 0.15) is 19.4 Å². The van der Waals surface area contributed by atoms with Crippen molar-refractivity contribution in [3.8, 4) is 17.2 Å². The van der Waals surface area contributed by atoms with Crippen molar-refractivity contribution in [1.82, 2.24) is 9.78 Å². The standard InChI is InChI=1S/C22H24N2O4S/c1-22(2,26)15-28-19-10-9-17(11-20(19)27-3)24-21(25)12-18(13-23-24)29-14-16-7-5-4-6-8-16/h4-13,26H,14-15H2,1-3H3. The number of hydrogen-bond donors (Lipinski definition) is 1. The first-order chi connectivity index (χ1) is 13.9. The minimum absolute atomic E-state index is 0.119. The molecule has 0 aliphatic carbocycles. The number of rotatable bonds is 8. The smallest absolute Gasteiger partial charge is 0.272 e. The fraction of sp³-hybridized carbons (Fsp3) is 0.273. The van der Waals surface area contributed by atoms with Crippen LogP contribution >= 0.6 is 11.8 Å². The highest BCUT2D eigenvalue weighted by molar-refractivity contribution is 7.98. The van der Waals surface area contributed by atoms with Crippen molar-refractivity contribution in [1.29, 1.82) is 0 Å². The first-order valence-corrected chi connectivity index (χ1v) is 10.1. The Labute approximate surface area is 174 Å². The van der Waals surface area contributed by atoms with Gasteiger partial charge in [0, 0.05) is 22.8 Å². The van der Waals surface area contributed by atoms with Crippen LogP contribution in [0.2, 0.25) is 0 Å². The summed E-state index contributed by atoms with van der Waals surface area (Å²) in [5.74, 6) is 1.72. The average Bonchev–Trinajstić information content (AvgIpc) is 2.71. The van der Waals surface area contributed by atoms with Gasteiger partial charge < -0.3 is 14.6 Å². The molecule has 0 aliphatic rings. The Kier molecular flexibility index (Phi) is 6.61. The first kappa shape index (κ1) is 21.0. The predicted octanol–water partition coefficient (Wildman–Crippen LogP) is 3.68. The van der Waals surface area contributed by atoms with E-state index in [0.717, 1.165) is 10.6 Å². The van der Waals surface area contributed by atoms with E-state index in [1.807, 2.05) is 18.2 Å². The van der Waals surface area contributed by atoms with E-state index in [1.54, 1.807) is 56.1 Å². The number of thioether (sulfide) groups is 1. The molecule has 2 aromatic carbocycles. The molecule has 29 heavy (non-hydrogen) atoms. The van der Waals surface area contributed by atoms with E-state index in [0.29, 0.717) is 17.2 Å². The van der Waals surface area contributed by atoms with E-state index >= 15 is 0 Å². The van der Waals surface area contributed by atoms with Gasteiger partial charge in [-0.25, -0.2) is 0 Å². The van der Waals surface area contributed by atoms with Crippen LogP contribution in [0.25, 0.3) is 5.69 Å². The lowest BCUT2D eigenvalue weighted by atomic mass is 10.2. The summed E-state index contributed by atoms with van der Waals surface area (Å²) < 4.78 is 12.3. The third-order valence-electron chi connectivity index (χ3n) is 4.00. The van der Waals surface area contributed by atoms with Crippen LogP contribution in [0.5, 0.6) is 11.5 Å². The Morgan fingerprint density at radius 3 is 2.52 bits per heavy atom. The highest BCUT2D eigenvalue weighted by atomic mass is 32.2. The maximum Gasteiger partial charge on any atom is 0.272 e. The Balaban J connectivity index is 1.77.